The van der Waals surface area contributed by atoms with Gasteiger partial charge in [-0.2, -0.15) is 0 Å². The van der Waals surface area contributed by atoms with Crippen LogP contribution in [-0.2, 0) is 12.8 Å². The highest BCUT2D eigenvalue weighted by Crippen LogP contribution is 2.21. The Labute approximate surface area is 129 Å². The van der Waals surface area contributed by atoms with Gasteiger partial charge in [0.1, 0.15) is 0 Å². The average Bonchev–Trinajstić information content (AvgIpc) is 3.01. The lowest BCUT2D eigenvalue weighted by molar-refractivity contribution is 0.241. The van der Waals surface area contributed by atoms with Crippen LogP contribution in [0.3, 0.4) is 0 Å². The number of nitrogens with one attached hydrogen (secondary N) is 2. The zero-order chi connectivity index (χ0) is 13.5. The van der Waals surface area contributed by atoms with Gasteiger partial charge < -0.3 is 10.6 Å². The van der Waals surface area contributed by atoms with Gasteiger partial charge in [-0.05, 0) is 52.4 Å². The number of hydrogen-bond acceptors (Lipinski definition) is 3. The molecule has 0 aliphatic rings. The van der Waals surface area contributed by atoms with Crippen LogP contribution in [0.2, 0.25) is 0 Å². The molecule has 2 rings (SSSR count). The lowest BCUT2D eigenvalue weighted by atomic mass is 10.3. The molecule has 19 heavy (non-hydrogen) atoms. The Morgan fingerprint density at radius 2 is 1.84 bits per heavy atom. The molecule has 2 heterocycles. The number of hydrogen-bond donors (Lipinski definition) is 2. The van der Waals surface area contributed by atoms with Gasteiger partial charge in [-0.3, -0.25) is 0 Å². The highest BCUT2D eigenvalue weighted by Gasteiger charge is 2.01. The van der Waals surface area contributed by atoms with Crippen LogP contribution in [0.4, 0.5) is 4.79 Å². The van der Waals surface area contributed by atoms with Crippen LogP contribution in [0.1, 0.15) is 9.75 Å². The Hall–Kier alpha value is -0.850. The summed E-state index contributed by atoms with van der Waals surface area (Å²) in [7, 11) is 0. The summed E-state index contributed by atoms with van der Waals surface area (Å²) in [4.78, 5) is 14.1. The van der Waals surface area contributed by atoms with Gasteiger partial charge in [0.05, 0.1) is 3.79 Å². The predicted octanol–water partition coefficient (Wildman–Crippen LogP) is 3.66. The van der Waals surface area contributed by atoms with E-state index >= 15 is 0 Å². The van der Waals surface area contributed by atoms with Crippen LogP contribution in [0.25, 0.3) is 0 Å². The SMILES string of the molecule is O=C(NCCc1cccs1)NCCc1ccc(Br)s1. The molecule has 2 amide bonds. The number of carbonyl (C=O) groups excluding carboxylic acids is 1. The molecular weight excluding hydrogens is 344 g/mol. The highest BCUT2D eigenvalue weighted by atomic mass is 79.9. The topological polar surface area (TPSA) is 41.1 Å². The van der Waals surface area contributed by atoms with Crippen molar-refractivity contribution in [2.24, 2.45) is 0 Å². The van der Waals surface area contributed by atoms with Crippen LogP contribution in [-0.4, -0.2) is 19.1 Å². The van der Waals surface area contributed by atoms with Crippen LogP contribution in [0.5, 0.6) is 0 Å². The fraction of sp³-hybridized carbons (Fsp3) is 0.308. The molecule has 0 aliphatic heterocycles. The molecule has 2 aromatic heterocycles. The lowest BCUT2D eigenvalue weighted by Gasteiger charge is -2.06. The van der Waals surface area contributed by atoms with E-state index in [1.54, 1.807) is 22.7 Å². The number of carbonyl (C=O) groups is 1. The summed E-state index contributed by atoms with van der Waals surface area (Å²) >= 11 is 6.84. The number of urea groups is 1. The molecule has 0 aliphatic carbocycles. The van der Waals surface area contributed by atoms with Gasteiger partial charge in [-0.1, -0.05) is 6.07 Å². The molecule has 0 spiro atoms. The van der Waals surface area contributed by atoms with Gasteiger partial charge >= 0.3 is 6.03 Å². The second-order valence-corrected chi connectivity index (χ2v) is 7.55. The first-order valence-electron chi connectivity index (χ1n) is 6.02. The van der Waals surface area contributed by atoms with Crippen molar-refractivity contribution < 1.29 is 4.79 Å². The Bertz CT molecular complexity index is 510. The van der Waals surface area contributed by atoms with Crippen molar-refractivity contribution >= 4 is 44.6 Å². The van der Waals surface area contributed by atoms with E-state index in [2.05, 4.69) is 44.1 Å². The second kappa shape index (κ2) is 7.67. The smallest absolute Gasteiger partial charge is 0.314 e. The zero-order valence-electron chi connectivity index (χ0n) is 10.3. The standard InChI is InChI=1S/C13H15BrN2OS2/c14-12-4-3-11(19-12)6-8-16-13(17)15-7-5-10-2-1-9-18-10/h1-4,9H,5-8H2,(H2,15,16,17). The first kappa shape index (κ1) is 14.6. The van der Waals surface area contributed by atoms with Crippen LogP contribution >= 0.6 is 38.6 Å². The number of rotatable bonds is 6. The minimum absolute atomic E-state index is 0.0906. The van der Waals surface area contributed by atoms with Crippen molar-refractivity contribution in [1.29, 1.82) is 0 Å². The van der Waals surface area contributed by atoms with Crippen LogP contribution < -0.4 is 10.6 Å². The van der Waals surface area contributed by atoms with Crippen molar-refractivity contribution in [1.82, 2.24) is 10.6 Å². The van der Waals surface area contributed by atoms with E-state index in [1.165, 1.54) is 9.75 Å². The average molecular weight is 359 g/mol. The second-order valence-electron chi connectivity index (χ2n) is 3.97. The van der Waals surface area contributed by atoms with Crippen LogP contribution in [0, 0.1) is 0 Å². The number of thiophene rings is 2. The Balaban J connectivity index is 1.57. The molecule has 102 valence electrons. The van der Waals surface area contributed by atoms with Crippen molar-refractivity contribution in [2.75, 3.05) is 13.1 Å². The summed E-state index contributed by atoms with van der Waals surface area (Å²) in [6.45, 7) is 1.34. The van der Waals surface area contributed by atoms with E-state index in [0.717, 1.165) is 16.6 Å². The minimum Gasteiger partial charge on any atom is -0.338 e. The highest BCUT2D eigenvalue weighted by molar-refractivity contribution is 9.11. The van der Waals surface area contributed by atoms with Gasteiger partial charge in [0.15, 0.2) is 0 Å². The van der Waals surface area contributed by atoms with Crippen molar-refractivity contribution in [3.63, 3.8) is 0 Å². The van der Waals surface area contributed by atoms with Crippen molar-refractivity contribution in [3.05, 3.63) is 43.2 Å². The van der Waals surface area contributed by atoms with E-state index < -0.39 is 0 Å². The quantitative estimate of drug-likeness (QED) is 0.812. The molecule has 2 N–H and O–H groups in total. The summed E-state index contributed by atoms with van der Waals surface area (Å²) in [6.07, 6.45) is 1.76. The number of halogens is 1. The summed E-state index contributed by atoms with van der Waals surface area (Å²) < 4.78 is 1.13. The lowest BCUT2D eigenvalue weighted by Crippen LogP contribution is -2.37. The van der Waals surface area contributed by atoms with Gasteiger partial charge in [0, 0.05) is 22.8 Å². The molecule has 0 saturated heterocycles. The molecular formula is C13H15BrN2OS2. The largest absolute Gasteiger partial charge is 0.338 e. The fourth-order valence-electron chi connectivity index (χ4n) is 1.60. The van der Waals surface area contributed by atoms with Crippen LogP contribution in [0.15, 0.2) is 33.4 Å². The first-order chi connectivity index (χ1) is 9.24. The predicted molar refractivity (Wildman–Crippen MR) is 85.1 cm³/mol. The Morgan fingerprint density at radius 1 is 1.11 bits per heavy atom. The molecule has 0 radical (unpaired) electrons. The minimum atomic E-state index is -0.0906. The van der Waals surface area contributed by atoms with Gasteiger partial charge in [0.2, 0.25) is 0 Å². The molecule has 6 heteroatoms. The van der Waals surface area contributed by atoms with Gasteiger partial charge in [-0.15, -0.1) is 22.7 Å². The third kappa shape index (κ3) is 5.34. The monoisotopic (exact) mass is 358 g/mol. The normalized spacial score (nSPS) is 10.4. The first-order valence-corrected chi connectivity index (χ1v) is 8.51. The fourth-order valence-corrected chi connectivity index (χ4v) is 3.79. The summed E-state index contributed by atoms with van der Waals surface area (Å²) in [6, 6.07) is 8.12. The van der Waals surface area contributed by atoms with Gasteiger partial charge in [-0.25, -0.2) is 4.79 Å². The molecule has 0 bridgehead atoms. The van der Waals surface area contributed by atoms with E-state index in [4.69, 9.17) is 0 Å². The summed E-state index contributed by atoms with van der Waals surface area (Å²) in [5.74, 6) is 0. The Morgan fingerprint density at radius 3 is 2.42 bits per heavy atom. The van der Waals surface area contributed by atoms with E-state index in [0.29, 0.717) is 13.1 Å². The molecule has 3 nitrogen and oxygen atoms in total. The molecule has 0 atom stereocenters. The summed E-state index contributed by atoms with van der Waals surface area (Å²) in [5, 5.41) is 7.78. The molecule has 0 unspecified atom stereocenters. The third-order valence-electron chi connectivity index (χ3n) is 2.52. The van der Waals surface area contributed by atoms with E-state index in [1.807, 2.05) is 12.1 Å². The number of amides is 2. The van der Waals surface area contributed by atoms with E-state index in [-0.39, 0.29) is 6.03 Å². The van der Waals surface area contributed by atoms with Crippen molar-refractivity contribution in [3.8, 4) is 0 Å². The molecule has 0 aromatic carbocycles. The molecule has 2 aromatic rings. The maximum absolute atomic E-state index is 11.5. The third-order valence-corrected chi connectivity index (χ3v) is 5.14. The van der Waals surface area contributed by atoms with Gasteiger partial charge in [0.25, 0.3) is 0 Å². The summed E-state index contributed by atoms with van der Waals surface area (Å²) in [5.41, 5.74) is 0. The molecule has 0 saturated carbocycles. The maximum Gasteiger partial charge on any atom is 0.314 e. The van der Waals surface area contributed by atoms with E-state index in [9.17, 15) is 4.79 Å². The zero-order valence-corrected chi connectivity index (χ0v) is 13.5. The molecule has 0 fully saturated rings. The maximum atomic E-state index is 11.5. The van der Waals surface area contributed by atoms with Crippen molar-refractivity contribution in [2.45, 2.75) is 12.8 Å². The Kier molecular flexibility index (Phi) is 5.88.